The second-order valence-corrected chi connectivity index (χ2v) is 10.6. The van der Waals surface area contributed by atoms with Crippen molar-refractivity contribution >= 4 is 17.3 Å². The van der Waals surface area contributed by atoms with E-state index in [0.29, 0.717) is 28.4 Å². The number of unbranched alkanes of at least 4 members (excludes halogenated alkanes) is 1. The van der Waals surface area contributed by atoms with Gasteiger partial charge in [-0.05, 0) is 55.6 Å². The molecular formula is C24H27F3N4O2S. The van der Waals surface area contributed by atoms with Gasteiger partial charge < -0.3 is 5.11 Å². The lowest BCUT2D eigenvalue weighted by Crippen LogP contribution is -2.23. The zero-order valence-electron chi connectivity index (χ0n) is 19.4. The molecular weight excluding hydrogens is 465 g/mol. The predicted molar refractivity (Wildman–Crippen MR) is 124 cm³/mol. The van der Waals surface area contributed by atoms with Crippen molar-refractivity contribution in [2.75, 3.05) is 0 Å². The fraction of sp³-hybridized carbons (Fsp3) is 0.500. The minimum absolute atomic E-state index is 0.0539. The Morgan fingerprint density at radius 3 is 2.65 bits per heavy atom. The van der Waals surface area contributed by atoms with Crippen LogP contribution in [0.5, 0.6) is 0 Å². The van der Waals surface area contributed by atoms with Crippen LogP contribution in [0.3, 0.4) is 0 Å². The smallest absolute Gasteiger partial charge is 0.416 e. The number of hydrogen-bond donors (Lipinski definition) is 1. The summed E-state index contributed by atoms with van der Waals surface area (Å²) in [5.41, 5.74) is 3.10. The molecule has 0 unspecified atom stereocenters. The summed E-state index contributed by atoms with van der Waals surface area (Å²) in [4.78, 5) is 10.7. The maximum atomic E-state index is 13.8. The molecule has 0 fully saturated rings. The van der Waals surface area contributed by atoms with Gasteiger partial charge in [-0.25, -0.2) is 0 Å². The molecule has 0 radical (unpaired) electrons. The van der Waals surface area contributed by atoms with E-state index in [2.05, 4.69) is 29.1 Å². The molecule has 1 aromatic carbocycles. The maximum absolute atomic E-state index is 13.8. The van der Waals surface area contributed by atoms with Crippen molar-refractivity contribution in [2.24, 2.45) is 12.5 Å². The Kier molecular flexibility index (Phi) is 6.54. The number of hydrogen-bond acceptors (Lipinski definition) is 5. The van der Waals surface area contributed by atoms with Gasteiger partial charge in [0.05, 0.1) is 5.56 Å². The number of fused-ring (bicyclic) bond motifs is 1. The minimum atomic E-state index is -4.52. The number of halogens is 3. The molecule has 2 aromatic heterocycles. The molecule has 1 aliphatic carbocycles. The molecule has 34 heavy (non-hydrogen) atoms. The van der Waals surface area contributed by atoms with Gasteiger partial charge in [0.15, 0.2) is 5.01 Å². The highest BCUT2D eigenvalue weighted by atomic mass is 32.1. The van der Waals surface area contributed by atoms with E-state index in [9.17, 15) is 18.0 Å². The molecule has 4 rings (SSSR count). The van der Waals surface area contributed by atoms with Crippen LogP contribution in [0.4, 0.5) is 13.2 Å². The Bertz CT molecular complexity index is 1210. The zero-order chi connectivity index (χ0) is 24.7. The number of aromatic nitrogens is 4. The topological polar surface area (TPSA) is 80.9 Å². The Morgan fingerprint density at radius 1 is 1.21 bits per heavy atom. The first kappa shape index (κ1) is 24.4. The van der Waals surface area contributed by atoms with Crippen LogP contribution in [-0.4, -0.2) is 31.1 Å². The Hall–Kier alpha value is -2.75. The average Bonchev–Trinajstić information content (AvgIpc) is 3.35. The van der Waals surface area contributed by atoms with E-state index in [1.54, 1.807) is 6.07 Å². The lowest BCUT2D eigenvalue weighted by molar-refractivity contribution is -0.139. The van der Waals surface area contributed by atoms with Crippen LogP contribution < -0.4 is 0 Å². The van der Waals surface area contributed by atoms with Crippen molar-refractivity contribution < 1.29 is 23.1 Å². The molecule has 1 aliphatic rings. The molecule has 0 aliphatic heterocycles. The molecule has 0 spiro atoms. The van der Waals surface area contributed by atoms with Crippen LogP contribution in [-0.2, 0) is 37.3 Å². The fourth-order valence-corrected chi connectivity index (χ4v) is 5.33. The SMILES string of the molecule is Cn1nc(-c2nnc(-c3ccc(CCCCC(=O)O)c(C(F)(F)F)c3)s2)c2c1CC(C)(C)CC2. The van der Waals surface area contributed by atoms with Crippen molar-refractivity contribution in [1.82, 2.24) is 20.0 Å². The third-order valence-corrected chi connectivity index (χ3v) is 7.33. The number of alkyl halides is 3. The number of benzene rings is 1. The Balaban J connectivity index is 1.61. The lowest BCUT2D eigenvalue weighted by atomic mass is 9.76. The lowest BCUT2D eigenvalue weighted by Gasteiger charge is -2.29. The first-order valence-electron chi connectivity index (χ1n) is 11.3. The molecule has 6 nitrogen and oxygen atoms in total. The third-order valence-electron chi connectivity index (χ3n) is 6.35. The predicted octanol–water partition coefficient (Wildman–Crippen LogP) is 5.94. The molecule has 1 N–H and O–H groups in total. The molecule has 182 valence electrons. The molecule has 0 saturated heterocycles. The number of aryl methyl sites for hydroxylation is 2. The number of nitrogens with zero attached hydrogens (tertiary/aromatic N) is 4. The molecule has 2 heterocycles. The molecule has 0 amide bonds. The van der Waals surface area contributed by atoms with Gasteiger partial charge in [0, 0.05) is 30.3 Å². The average molecular weight is 493 g/mol. The van der Waals surface area contributed by atoms with E-state index in [1.165, 1.54) is 23.1 Å². The Labute approximate surface area is 199 Å². The molecule has 10 heteroatoms. The van der Waals surface area contributed by atoms with Gasteiger partial charge in [-0.15, -0.1) is 10.2 Å². The molecule has 0 bridgehead atoms. The van der Waals surface area contributed by atoms with Crippen molar-refractivity contribution in [2.45, 2.75) is 65.0 Å². The standard InChI is InChI=1S/C24H27F3N4O2S/c1-23(2)11-10-16-18(13-23)31(3)30-20(16)22-29-28-21(34-22)15-9-8-14(6-4-5-7-19(32)33)17(12-15)24(25,26)27/h8-9,12H,4-7,10-11,13H2,1-3H3,(H,32,33). The van der Waals surface area contributed by atoms with E-state index in [4.69, 9.17) is 5.11 Å². The fourth-order valence-electron chi connectivity index (χ4n) is 4.48. The van der Waals surface area contributed by atoms with Crippen molar-refractivity contribution in [1.29, 1.82) is 0 Å². The highest BCUT2D eigenvalue weighted by Gasteiger charge is 2.34. The van der Waals surface area contributed by atoms with Crippen LogP contribution in [0, 0.1) is 5.41 Å². The molecule has 0 saturated carbocycles. The van der Waals surface area contributed by atoms with Gasteiger partial charge in [0.2, 0.25) is 0 Å². The number of carboxylic acid groups (broad SMARTS) is 1. The molecule has 3 aromatic rings. The van der Waals surface area contributed by atoms with Gasteiger partial charge >= 0.3 is 12.1 Å². The quantitative estimate of drug-likeness (QED) is 0.413. The maximum Gasteiger partial charge on any atom is 0.416 e. The van der Waals surface area contributed by atoms with E-state index in [-0.39, 0.29) is 23.8 Å². The first-order chi connectivity index (χ1) is 15.9. The summed E-state index contributed by atoms with van der Waals surface area (Å²) in [7, 11) is 1.91. The highest BCUT2D eigenvalue weighted by Crippen LogP contribution is 2.41. The normalized spacial score (nSPS) is 15.4. The number of carboxylic acids is 1. The first-order valence-corrected chi connectivity index (χ1v) is 12.1. The van der Waals surface area contributed by atoms with Crippen LogP contribution in [0.1, 0.15) is 61.9 Å². The summed E-state index contributed by atoms with van der Waals surface area (Å²) in [6.45, 7) is 4.47. The summed E-state index contributed by atoms with van der Waals surface area (Å²) in [5, 5.41) is 22.9. The number of rotatable bonds is 7. The van der Waals surface area contributed by atoms with Gasteiger partial charge in [0.1, 0.15) is 10.7 Å². The monoisotopic (exact) mass is 492 g/mol. The van der Waals surface area contributed by atoms with Crippen molar-refractivity contribution in [3.63, 3.8) is 0 Å². The van der Waals surface area contributed by atoms with Crippen LogP contribution >= 0.6 is 11.3 Å². The second-order valence-electron chi connectivity index (χ2n) is 9.62. The van der Waals surface area contributed by atoms with E-state index >= 15 is 0 Å². The number of aliphatic carboxylic acids is 1. The summed E-state index contributed by atoms with van der Waals surface area (Å²) in [6, 6.07) is 4.21. The van der Waals surface area contributed by atoms with Gasteiger partial charge in [-0.3, -0.25) is 9.48 Å². The van der Waals surface area contributed by atoms with E-state index in [1.807, 2.05) is 11.7 Å². The second kappa shape index (κ2) is 9.13. The number of carbonyl (C=O) groups is 1. The van der Waals surface area contributed by atoms with Crippen LogP contribution in [0.25, 0.3) is 21.3 Å². The van der Waals surface area contributed by atoms with Gasteiger partial charge in [-0.1, -0.05) is 37.3 Å². The van der Waals surface area contributed by atoms with Crippen molar-refractivity contribution in [3.05, 3.63) is 40.6 Å². The van der Waals surface area contributed by atoms with Crippen LogP contribution in [0.2, 0.25) is 0 Å². The summed E-state index contributed by atoms with van der Waals surface area (Å²) < 4.78 is 43.2. The van der Waals surface area contributed by atoms with E-state index < -0.39 is 17.7 Å². The van der Waals surface area contributed by atoms with Gasteiger partial charge in [-0.2, -0.15) is 18.3 Å². The largest absolute Gasteiger partial charge is 0.481 e. The summed E-state index contributed by atoms with van der Waals surface area (Å²) in [6.07, 6.45) is -0.859. The zero-order valence-corrected chi connectivity index (χ0v) is 20.2. The van der Waals surface area contributed by atoms with Crippen molar-refractivity contribution in [3.8, 4) is 21.3 Å². The minimum Gasteiger partial charge on any atom is -0.481 e. The van der Waals surface area contributed by atoms with E-state index in [0.717, 1.165) is 36.6 Å². The third kappa shape index (κ3) is 5.16. The van der Waals surface area contributed by atoms with Gasteiger partial charge in [0.25, 0.3) is 0 Å². The highest BCUT2D eigenvalue weighted by molar-refractivity contribution is 7.17. The summed E-state index contributed by atoms with van der Waals surface area (Å²) >= 11 is 1.24. The summed E-state index contributed by atoms with van der Waals surface area (Å²) in [5.74, 6) is -0.948. The van der Waals surface area contributed by atoms with Crippen LogP contribution in [0.15, 0.2) is 18.2 Å². The molecule has 0 atom stereocenters. The Morgan fingerprint density at radius 2 is 1.94 bits per heavy atom.